The summed E-state index contributed by atoms with van der Waals surface area (Å²) in [6, 6.07) is 14.9. The van der Waals surface area contributed by atoms with Crippen molar-refractivity contribution in [3.05, 3.63) is 70.4 Å². The molecule has 0 radical (unpaired) electrons. The molecule has 0 aliphatic rings. The Morgan fingerprint density at radius 2 is 1.67 bits per heavy atom. The molecule has 3 aromatic rings. The van der Waals surface area contributed by atoms with Crippen LogP contribution in [0.3, 0.4) is 0 Å². The number of nitrogens with zero attached hydrogens (tertiary/aromatic N) is 4. The molecule has 3 rings (SSSR count). The summed E-state index contributed by atoms with van der Waals surface area (Å²) in [5.74, 6) is -0.139. The molecule has 0 spiro atoms. The first kappa shape index (κ1) is 18.1. The second-order valence-electron chi connectivity index (χ2n) is 6.13. The zero-order valence-corrected chi connectivity index (χ0v) is 14.8. The summed E-state index contributed by atoms with van der Waals surface area (Å²) in [6.07, 6.45) is 0. The van der Waals surface area contributed by atoms with Gasteiger partial charge in [-0.2, -0.15) is 0 Å². The predicted octanol–water partition coefficient (Wildman–Crippen LogP) is 3.25. The Bertz CT molecular complexity index is 972. The molecule has 0 bridgehead atoms. The maximum Gasteiger partial charge on any atom is 0.272 e. The number of nitro groups is 1. The van der Waals surface area contributed by atoms with E-state index in [2.05, 4.69) is 20.5 Å². The lowest BCUT2D eigenvalue weighted by atomic mass is 10.1. The molecule has 0 aliphatic carbocycles. The minimum atomic E-state index is -0.483. The Kier molecular flexibility index (Phi) is 5.16. The number of nitrogens with one attached hydrogen (secondary N) is 1. The monoisotopic (exact) mass is 363 g/mol. The van der Waals surface area contributed by atoms with E-state index >= 15 is 0 Å². The van der Waals surface area contributed by atoms with Gasteiger partial charge in [-0.25, -0.2) is 4.98 Å². The fraction of sp³-hybridized carbons (Fsp3) is 0.158. The molecule has 8 nitrogen and oxygen atoms in total. The molecule has 136 valence electrons. The normalized spacial score (nSPS) is 10.6. The smallest absolute Gasteiger partial charge is 0.272 e. The number of carbonyl (C=O) groups is 1. The fourth-order valence-corrected chi connectivity index (χ4v) is 2.46. The van der Waals surface area contributed by atoms with E-state index in [-0.39, 0.29) is 29.2 Å². The lowest BCUT2D eigenvalue weighted by Crippen LogP contribution is -2.31. The van der Waals surface area contributed by atoms with Gasteiger partial charge in [0.2, 0.25) is 0 Å². The van der Waals surface area contributed by atoms with E-state index in [9.17, 15) is 14.9 Å². The average molecular weight is 363 g/mol. The van der Waals surface area contributed by atoms with Gasteiger partial charge in [0.1, 0.15) is 5.69 Å². The van der Waals surface area contributed by atoms with Crippen molar-refractivity contribution in [3.63, 3.8) is 0 Å². The predicted molar refractivity (Wildman–Crippen MR) is 100.0 cm³/mol. The molecule has 27 heavy (non-hydrogen) atoms. The largest absolute Gasteiger partial charge is 0.348 e. The first-order valence-corrected chi connectivity index (χ1v) is 8.31. The first-order valence-electron chi connectivity index (χ1n) is 8.31. The van der Waals surface area contributed by atoms with Crippen molar-refractivity contribution < 1.29 is 9.72 Å². The van der Waals surface area contributed by atoms with E-state index < -0.39 is 4.92 Å². The van der Waals surface area contributed by atoms with Crippen LogP contribution in [0.2, 0.25) is 0 Å². The number of hydrogen-bond donors (Lipinski definition) is 1. The average Bonchev–Trinajstić information content (AvgIpc) is 2.68. The van der Waals surface area contributed by atoms with Crippen LogP contribution in [0.4, 0.5) is 5.69 Å². The Balaban J connectivity index is 2.07. The summed E-state index contributed by atoms with van der Waals surface area (Å²) in [5, 5.41) is 21.9. The molecular formula is C19H17N5O3. The van der Waals surface area contributed by atoms with E-state index in [4.69, 9.17) is 0 Å². The SMILES string of the molecule is CC(C)NC(=O)c1nc(-c2ccc([N+](=O)[O-])cc2)nnc1-c1ccccc1. The lowest BCUT2D eigenvalue weighted by molar-refractivity contribution is -0.384. The van der Waals surface area contributed by atoms with Crippen LogP contribution in [0.5, 0.6) is 0 Å². The van der Waals surface area contributed by atoms with Crippen LogP contribution < -0.4 is 5.32 Å². The number of hydrogen-bond acceptors (Lipinski definition) is 6. The third-order valence-corrected chi connectivity index (χ3v) is 3.71. The first-order chi connectivity index (χ1) is 13.0. The molecule has 0 unspecified atom stereocenters. The van der Waals surface area contributed by atoms with Gasteiger partial charge < -0.3 is 5.32 Å². The Morgan fingerprint density at radius 1 is 1.00 bits per heavy atom. The van der Waals surface area contributed by atoms with Gasteiger partial charge in [-0.15, -0.1) is 10.2 Å². The van der Waals surface area contributed by atoms with Gasteiger partial charge in [0.15, 0.2) is 11.5 Å². The molecule has 0 aliphatic heterocycles. The van der Waals surface area contributed by atoms with Crippen molar-refractivity contribution in [2.45, 2.75) is 19.9 Å². The van der Waals surface area contributed by atoms with Gasteiger partial charge in [0.05, 0.1) is 4.92 Å². The second-order valence-corrected chi connectivity index (χ2v) is 6.13. The number of aromatic nitrogens is 3. The highest BCUT2D eigenvalue weighted by atomic mass is 16.6. The number of carbonyl (C=O) groups excluding carboxylic acids is 1. The summed E-state index contributed by atoms with van der Waals surface area (Å²) in [7, 11) is 0. The van der Waals surface area contributed by atoms with E-state index in [1.54, 1.807) is 0 Å². The van der Waals surface area contributed by atoms with Gasteiger partial charge in [-0.05, 0) is 26.0 Å². The Hall–Kier alpha value is -3.68. The topological polar surface area (TPSA) is 111 Å². The van der Waals surface area contributed by atoms with Crippen LogP contribution in [0, 0.1) is 10.1 Å². The molecular weight excluding hydrogens is 346 g/mol. The number of benzene rings is 2. The summed E-state index contributed by atoms with van der Waals surface area (Å²) < 4.78 is 0. The van der Waals surface area contributed by atoms with Crippen molar-refractivity contribution in [2.24, 2.45) is 0 Å². The third kappa shape index (κ3) is 4.12. The molecule has 0 saturated heterocycles. The van der Waals surface area contributed by atoms with Gasteiger partial charge in [-0.3, -0.25) is 14.9 Å². The summed E-state index contributed by atoms with van der Waals surface area (Å²) >= 11 is 0. The van der Waals surface area contributed by atoms with Crippen LogP contribution in [0.15, 0.2) is 54.6 Å². The van der Waals surface area contributed by atoms with Crippen LogP contribution in [0.1, 0.15) is 24.3 Å². The van der Waals surface area contributed by atoms with Gasteiger partial charge in [0, 0.05) is 29.3 Å². The quantitative estimate of drug-likeness (QED) is 0.550. The van der Waals surface area contributed by atoms with Crippen molar-refractivity contribution in [1.29, 1.82) is 0 Å². The molecule has 1 N–H and O–H groups in total. The minimum absolute atomic E-state index is 0.0367. The standard InChI is InChI=1S/C19H17N5O3/c1-12(2)20-19(25)17-16(13-6-4-3-5-7-13)22-23-18(21-17)14-8-10-15(11-9-14)24(26)27/h3-12H,1-2H3,(H,20,25). The molecule has 1 amide bonds. The molecule has 8 heteroatoms. The van der Waals surface area contributed by atoms with Crippen molar-refractivity contribution in [1.82, 2.24) is 20.5 Å². The summed E-state index contributed by atoms with van der Waals surface area (Å²) in [6.45, 7) is 3.71. The molecule has 2 aromatic carbocycles. The van der Waals surface area contributed by atoms with Crippen LogP contribution in [0.25, 0.3) is 22.6 Å². The highest BCUT2D eigenvalue weighted by Gasteiger charge is 2.20. The number of amides is 1. The van der Waals surface area contributed by atoms with Crippen molar-refractivity contribution >= 4 is 11.6 Å². The van der Waals surface area contributed by atoms with Crippen LogP contribution in [-0.4, -0.2) is 32.1 Å². The van der Waals surface area contributed by atoms with E-state index in [0.717, 1.165) is 5.56 Å². The Morgan fingerprint density at radius 3 is 2.26 bits per heavy atom. The third-order valence-electron chi connectivity index (χ3n) is 3.71. The van der Waals surface area contributed by atoms with Gasteiger partial charge in [-0.1, -0.05) is 30.3 Å². The summed E-state index contributed by atoms with van der Waals surface area (Å²) in [5.41, 5.74) is 1.75. The van der Waals surface area contributed by atoms with Gasteiger partial charge >= 0.3 is 0 Å². The van der Waals surface area contributed by atoms with Crippen molar-refractivity contribution in [3.8, 4) is 22.6 Å². The molecule has 1 heterocycles. The molecule has 0 fully saturated rings. The minimum Gasteiger partial charge on any atom is -0.348 e. The zero-order valence-electron chi connectivity index (χ0n) is 14.8. The second kappa shape index (κ2) is 7.69. The van der Waals surface area contributed by atoms with E-state index in [1.165, 1.54) is 24.3 Å². The Labute approximate surface area is 155 Å². The van der Waals surface area contributed by atoms with Gasteiger partial charge in [0.25, 0.3) is 11.6 Å². The van der Waals surface area contributed by atoms with Crippen molar-refractivity contribution in [2.75, 3.05) is 0 Å². The van der Waals surface area contributed by atoms with Crippen LogP contribution >= 0.6 is 0 Å². The lowest BCUT2D eigenvalue weighted by Gasteiger charge is -2.11. The summed E-state index contributed by atoms with van der Waals surface area (Å²) in [4.78, 5) is 27.4. The number of nitro benzene ring substituents is 1. The zero-order chi connectivity index (χ0) is 19.4. The number of rotatable bonds is 5. The number of non-ortho nitro benzene ring substituents is 1. The maximum atomic E-state index is 12.6. The van der Waals surface area contributed by atoms with E-state index in [0.29, 0.717) is 11.3 Å². The maximum absolute atomic E-state index is 12.6. The van der Waals surface area contributed by atoms with E-state index in [1.807, 2.05) is 44.2 Å². The molecule has 0 atom stereocenters. The highest BCUT2D eigenvalue weighted by molar-refractivity contribution is 5.98. The fourth-order valence-electron chi connectivity index (χ4n) is 2.46. The van der Waals surface area contributed by atoms with Crippen LogP contribution in [-0.2, 0) is 0 Å². The molecule has 0 saturated carbocycles. The molecule has 1 aromatic heterocycles. The highest BCUT2D eigenvalue weighted by Crippen LogP contribution is 2.23.